The van der Waals surface area contributed by atoms with E-state index < -0.39 is 0 Å². The summed E-state index contributed by atoms with van der Waals surface area (Å²) >= 11 is 0. The highest BCUT2D eigenvalue weighted by molar-refractivity contribution is 5.24. The van der Waals surface area contributed by atoms with Crippen molar-refractivity contribution in [1.29, 1.82) is 0 Å². The van der Waals surface area contributed by atoms with Crippen LogP contribution in [0.4, 0.5) is 5.95 Å². The van der Waals surface area contributed by atoms with Crippen molar-refractivity contribution in [2.75, 3.05) is 44.6 Å². The van der Waals surface area contributed by atoms with E-state index in [0.717, 1.165) is 32.1 Å². The largest absolute Gasteiger partial charge is 0.355 e. The molecule has 0 aliphatic carbocycles. The summed E-state index contributed by atoms with van der Waals surface area (Å²) in [6, 6.07) is 0. The highest BCUT2D eigenvalue weighted by atomic mass is 15.2. The van der Waals surface area contributed by atoms with Crippen LogP contribution in [0.2, 0.25) is 0 Å². The third kappa shape index (κ3) is 5.89. The first-order valence-corrected chi connectivity index (χ1v) is 8.81. The lowest BCUT2D eigenvalue weighted by Gasteiger charge is -2.25. The average molecular weight is 305 g/mol. The highest BCUT2D eigenvalue weighted by Gasteiger charge is 2.11. The molecule has 1 aromatic rings. The van der Waals surface area contributed by atoms with Gasteiger partial charge in [0.15, 0.2) is 0 Å². The van der Waals surface area contributed by atoms with Crippen molar-refractivity contribution in [3.05, 3.63) is 18.0 Å². The van der Waals surface area contributed by atoms with E-state index in [0.29, 0.717) is 0 Å². The Hall–Kier alpha value is -1.20. The van der Waals surface area contributed by atoms with Gasteiger partial charge in [-0.1, -0.05) is 19.8 Å². The molecule has 1 saturated heterocycles. The molecule has 2 heterocycles. The molecule has 0 aromatic carbocycles. The van der Waals surface area contributed by atoms with E-state index in [4.69, 9.17) is 0 Å². The van der Waals surface area contributed by atoms with Crippen molar-refractivity contribution in [3.8, 4) is 0 Å². The van der Waals surface area contributed by atoms with Gasteiger partial charge in [0.1, 0.15) is 0 Å². The van der Waals surface area contributed by atoms with Crippen molar-refractivity contribution < 1.29 is 0 Å². The fraction of sp³-hybridized carbons (Fsp3) is 0.765. The first-order chi connectivity index (χ1) is 10.8. The maximum atomic E-state index is 4.36. The Morgan fingerprint density at radius 3 is 2.36 bits per heavy atom. The molecule has 1 N–H and O–H groups in total. The average Bonchev–Trinajstić information content (AvgIpc) is 2.82. The van der Waals surface area contributed by atoms with Gasteiger partial charge in [0.2, 0.25) is 5.95 Å². The molecular weight excluding hydrogens is 274 g/mol. The van der Waals surface area contributed by atoms with Crippen molar-refractivity contribution in [2.24, 2.45) is 0 Å². The summed E-state index contributed by atoms with van der Waals surface area (Å²) < 4.78 is 0. The molecular formula is C17H31N5. The predicted molar refractivity (Wildman–Crippen MR) is 92.1 cm³/mol. The Kier molecular flexibility index (Phi) is 7.60. The number of nitrogens with one attached hydrogen (secondary N) is 1. The lowest BCUT2D eigenvalue weighted by Crippen LogP contribution is -2.35. The van der Waals surface area contributed by atoms with E-state index in [1.165, 1.54) is 50.9 Å². The van der Waals surface area contributed by atoms with Gasteiger partial charge in [0, 0.05) is 44.1 Å². The fourth-order valence-corrected chi connectivity index (χ4v) is 2.94. The van der Waals surface area contributed by atoms with Gasteiger partial charge < -0.3 is 10.2 Å². The lowest BCUT2D eigenvalue weighted by atomic mass is 10.2. The van der Waals surface area contributed by atoms with E-state index in [9.17, 15) is 0 Å². The number of likely N-dealkylation sites (tertiary alicyclic amines) is 1. The number of hydrogen-bond acceptors (Lipinski definition) is 5. The molecule has 0 saturated carbocycles. The number of nitrogens with zero attached hydrogens (tertiary/aromatic N) is 4. The Bertz CT molecular complexity index is 398. The monoisotopic (exact) mass is 305 g/mol. The Labute approximate surface area is 135 Å². The summed E-state index contributed by atoms with van der Waals surface area (Å²) in [6.45, 7) is 12.0. The van der Waals surface area contributed by atoms with E-state index in [1.54, 1.807) is 0 Å². The third-order valence-electron chi connectivity index (χ3n) is 4.32. The summed E-state index contributed by atoms with van der Waals surface area (Å²) in [5, 5.41) is 3.13. The van der Waals surface area contributed by atoms with E-state index in [2.05, 4.69) is 38.9 Å². The van der Waals surface area contributed by atoms with Gasteiger partial charge >= 0.3 is 0 Å². The van der Waals surface area contributed by atoms with Crippen LogP contribution in [0.1, 0.15) is 45.1 Å². The van der Waals surface area contributed by atoms with Crippen LogP contribution < -0.4 is 5.32 Å². The maximum Gasteiger partial charge on any atom is 0.222 e. The second kappa shape index (κ2) is 9.74. The van der Waals surface area contributed by atoms with Crippen molar-refractivity contribution in [1.82, 2.24) is 19.8 Å². The van der Waals surface area contributed by atoms with Gasteiger partial charge in [-0.05, 0) is 39.4 Å². The van der Waals surface area contributed by atoms with Gasteiger partial charge in [-0.2, -0.15) is 0 Å². The van der Waals surface area contributed by atoms with Gasteiger partial charge in [-0.15, -0.1) is 0 Å². The quantitative estimate of drug-likeness (QED) is 0.800. The highest BCUT2D eigenvalue weighted by Crippen LogP contribution is 2.10. The number of hydrogen-bond donors (Lipinski definition) is 1. The number of likely N-dealkylation sites (N-methyl/N-ethyl adjacent to an activating group) is 1. The van der Waals surface area contributed by atoms with Crippen LogP contribution >= 0.6 is 0 Å². The topological polar surface area (TPSA) is 44.3 Å². The van der Waals surface area contributed by atoms with Crippen LogP contribution in [0.25, 0.3) is 0 Å². The van der Waals surface area contributed by atoms with E-state index in [-0.39, 0.29) is 0 Å². The molecule has 0 unspecified atom stereocenters. The van der Waals surface area contributed by atoms with E-state index in [1.807, 2.05) is 12.4 Å². The minimum atomic E-state index is 0.721. The molecule has 5 heteroatoms. The summed E-state index contributed by atoms with van der Waals surface area (Å²) in [5.74, 6) is 0.721. The molecule has 0 spiro atoms. The molecule has 1 aliphatic heterocycles. The minimum absolute atomic E-state index is 0.721. The van der Waals surface area contributed by atoms with Crippen molar-refractivity contribution in [3.63, 3.8) is 0 Å². The Morgan fingerprint density at radius 2 is 1.77 bits per heavy atom. The van der Waals surface area contributed by atoms with Crippen molar-refractivity contribution in [2.45, 2.75) is 46.1 Å². The smallest absolute Gasteiger partial charge is 0.222 e. The van der Waals surface area contributed by atoms with Crippen LogP contribution in [-0.2, 0) is 6.54 Å². The van der Waals surface area contributed by atoms with Crippen LogP contribution in [0.5, 0.6) is 0 Å². The second-order valence-corrected chi connectivity index (χ2v) is 6.07. The van der Waals surface area contributed by atoms with E-state index >= 15 is 0 Å². The summed E-state index contributed by atoms with van der Waals surface area (Å²) in [4.78, 5) is 13.8. The molecule has 22 heavy (non-hydrogen) atoms. The molecule has 124 valence electrons. The molecule has 1 aromatic heterocycles. The predicted octanol–water partition coefficient (Wildman–Crippen LogP) is 2.61. The fourth-order valence-electron chi connectivity index (χ4n) is 2.94. The number of anilines is 1. The summed E-state index contributed by atoms with van der Waals surface area (Å²) in [7, 11) is 0. The molecule has 0 amide bonds. The third-order valence-corrected chi connectivity index (χ3v) is 4.32. The SMILES string of the molecule is CCNc1ncc(CN(CC)CCN2CCCCCC2)cn1. The first-order valence-electron chi connectivity index (χ1n) is 8.81. The van der Waals surface area contributed by atoms with Crippen LogP contribution in [0.3, 0.4) is 0 Å². The van der Waals surface area contributed by atoms with Crippen LogP contribution in [0, 0.1) is 0 Å². The zero-order valence-electron chi connectivity index (χ0n) is 14.2. The van der Waals surface area contributed by atoms with Gasteiger partial charge in [0.05, 0.1) is 0 Å². The molecule has 0 radical (unpaired) electrons. The van der Waals surface area contributed by atoms with Gasteiger partial charge in [0.25, 0.3) is 0 Å². The van der Waals surface area contributed by atoms with Crippen molar-refractivity contribution >= 4 is 5.95 Å². The standard InChI is InChI=1S/C17H31N5/c1-3-18-17-19-13-16(14-20-17)15-21(4-2)11-12-22-9-7-5-6-8-10-22/h13-14H,3-12,15H2,1-2H3,(H,18,19,20). The molecule has 0 bridgehead atoms. The van der Waals surface area contributed by atoms with Gasteiger partial charge in [-0.3, -0.25) is 4.90 Å². The molecule has 1 fully saturated rings. The zero-order chi connectivity index (χ0) is 15.6. The number of aromatic nitrogens is 2. The number of rotatable bonds is 8. The van der Waals surface area contributed by atoms with Gasteiger partial charge in [-0.25, -0.2) is 9.97 Å². The van der Waals surface area contributed by atoms with Crippen LogP contribution in [0.15, 0.2) is 12.4 Å². The Morgan fingerprint density at radius 1 is 1.09 bits per heavy atom. The molecule has 0 atom stereocenters. The Balaban J connectivity index is 1.78. The minimum Gasteiger partial charge on any atom is -0.355 e. The lowest BCUT2D eigenvalue weighted by molar-refractivity contribution is 0.208. The zero-order valence-corrected chi connectivity index (χ0v) is 14.2. The summed E-state index contributed by atoms with van der Waals surface area (Å²) in [6.07, 6.45) is 9.43. The normalized spacial score (nSPS) is 16.7. The molecule has 1 aliphatic rings. The molecule has 5 nitrogen and oxygen atoms in total. The molecule has 2 rings (SSSR count). The summed E-state index contributed by atoms with van der Waals surface area (Å²) in [5.41, 5.74) is 1.19. The first kappa shape index (κ1) is 17.2. The second-order valence-electron chi connectivity index (χ2n) is 6.07. The van der Waals surface area contributed by atoms with Crippen LogP contribution in [-0.4, -0.2) is 59.0 Å². The maximum absolute atomic E-state index is 4.36.